The molecule has 0 aliphatic carbocycles. The zero-order chi connectivity index (χ0) is 17.9. The van der Waals surface area contributed by atoms with E-state index in [4.69, 9.17) is 9.47 Å². The Morgan fingerprint density at radius 3 is 2.56 bits per heavy atom. The van der Waals surface area contributed by atoms with E-state index in [0.717, 1.165) is 77.7 Å². The number of guanidine groups is 1. The van der Waals surface area contributed by atoms with Crippen molar-refractivity contribution in [3.63, 3.8) is 0 Å². The highest BCUT2D eigenvalue weighted by Gasteiger charge is 2.23. The molecule has 0 bridgehead atoms. The van der Waals surface area contributed by atoms with Gasteiger partial charge >= 0.3 is 0 Å². The number of ether oxygens (including phenoxy) is 2. The van der Waals surface area contributed by atoms with Crippen molar-refractivity contribution in [3.8, 4) is 0 Å². The summed E-state index contributed by atoms with van der Waals surface area (Å²) in [4.78, 5) is 9.24. The third-order valence-electron chi connectivity index (χ3n) is 5.35. The Labute approximate surface area is 153 Å². The molecule has 6 heteroatoms. The zero-order valence-electron chi connectivity index (χ0n) is 16.5. The average molecular weight is 355 g/mol. The molecule has 0 aromatic rings. The molecule has 1 N–H and O–H groups in total. The first-order valence-corrected chi connectivity index (χ1v) is 10.2. The summed E-state index contributed by atoms with van der Waals surface area (Å²) in [6.45, 7) is 12.3. The van der Waals surface area contributed by atoms with Gasteiger partial charge in [-0.05, 0) is 45.2 Å². The fraction of sp³-hybridized carbons (Fsp3) is 0.947. The predicted molar refractivity (Wildman–Crippen MR) is 103 cm³/mol. The third kappa shape index (κ3) is 7.12. The number of aliphatic imine (C=N–C) groups is 1. The topological polar surface area (TPSA) is 49.3 Å². The average Bonchev–Trinajstić information content (AvgIpc) is 2.68. The Balaban J connectivity index is 1.63. The maximum Gasteiger partial charge on any atom is 0.193 e. The van der Waals surface area contributed by atoms with E-state index in [1.165, 1.54) is 12.8 Å². The number of likely N-dealkylation sites (tertiary alicyclic amines) is 1. The lowest BCUT2D eigenvalue weighted by molar-refractivity contribution is -0.0721. The normalized spacial score (nSPS) is 23.3. The van der Waals surface area contributed by atoms with E-state index < -0.39 is 0 Å². The highest BCUT2D eigenvalue weighted by atomic mass is 16.5. The maximum atomic E-state index is 6.11. The third-order valence-corrected chi connectivity index (χ3v) is 5.35. The summed E-state index contributed by atoms with van der Waals surface area (Å²) in [6.07, 6.45) is 6.48. The fourth-order valence-electron chi connectivity index (χ4n) is 3.61. The quantitative estimate of drug-likeness (QED) is 0.533. The van der Waals surface area contributed by atoms with Crippen molar-refractivity contribution in [1.29, 1.82) is 0 Å². The Morgan fingerprint density at radius 2 is 1.96 bits per heavy atom. The molecular weight excluding hydrogens is 316 g/mol. The van der Waals surface area contributed by atoms with Gasteiger partial charge in [0, 0.05) is 39.8 Å². The Bertz CT molecular complexity index is 374. The van der Waals surface area contributed by atoms with Gasteiger partial charge in [-0.15, -0.1) is 0 Å². The molecule has 0 radical (unpaired) electrons. The lowest BCUT2D eigenvalue weighted by Gasteiger charge is -2.35. The predicted octanol–water partition coefficient (Wildman–Crippen LogP) is 1.95. The molecular formula is C19H38N4O2. The summed E-state index contributed by atoms with van der Waals surface area (Å²) in [6, 6.07) is 0. The van der Waals surface area contributed by atoms with Crippen molar-refractivity contribution in [1.82, 2.24) is 15.1 Å². The summed E-state index contributed by atoms with van der Waals surface area (Å²) in [5.74, 6) is 1.03. The van der Waals surface area contributed by atoms with E-state index in [2.05, 4.69) is 34.0 Å². The molecule has 2 aliphatic rings. The van der Waals surface area contributed by atoms with Gasteiger partial charge in [-0.25, -0.2) is 0 Å². The molecule has 0 saturated carbocycles. The molecule has 0 aromatic carbocycles. The van der Waals surface area contributed by atoms with E-state index in [1.54, 1.807) is 0 Å². The number of nitrogens with zero attached hydrogens (tertiary/aromatic N) is 3. The van der Waals surface area contributed by atoms with Gasteiger partial charge in [0.15, 0.2) is 5.96 Å². The van der Waals surface area contributed by atoms with E-state index in [9.17, 15) is 0 Å². The van der Waals surface area contributed by atoms with Crippen molar-refractivity contribution >= 4 is 5.96 Å². The van der Waals surface area contributed by atoms with Gasteiger partial charge in [0.2, 0.25) is 0 Å². The molecule has 146 valence electrons. The molecule has 0 spiro atoms. The summed E-state index contributed by atoms with van der Waals surface area (Å²) in [7, 11) is 1.88. The number of hydrogen-bond acceptors (Lipinski definition) is 4. The van der Waals surface area contributed by atoms with Crippen LogP contribution in [-0.4, -0.2) is 87.5 Å². The zero-order valence-corrected chi connectivity index (χ0v) is 16.5. The highest BCUT2D eigenvalue weighted by Crippen LogP contribution is 2.17. The van der Waals surface area contributed by atoms with Crippen molar-refractivity contribution in [2.24, 2.45) is 4.99 Å². The molecule has 25 heavy (non-hydrogen) atoms. The largest absolute Gasteiger partial charge is 0.376 e. The van der Waals surface area contributed by atoms with Crippen LogP contribution in [0.2, 0.25) is 0 Å². The Hall–Kier alpha value is -0.850. The van der Waals surface area contributed by atoms with Gasteiger partial charge in [-0.2, -0.15) is 0 Å². The Kier molecular flexibility index (Phi) is 9.58. The van der Waals surface area contributed by atoms with Crippen molar-refractivity contribution in [3.05, 3.63) is 0 Å². The van der Waals surface area contributed by atoms with E-state index >= 15 is 0 Å². The van der Waals surface area contributed by atoms with Gasteiger partial charge in [-0.1, -0.05) is 13.8 Å². The van der Waals surface area contributed by atoms with Crippen LogP contribution in [0.5, 0.6) is 0 Å². The lowest BCUT2D eigenvalue weighted by atomic mass is 10.1. The monoisotopic (exact) mass is 354 g/mol. The molecule has 2 rings (SSSR count). The fourth-order valence-corrected chi connectivity index (χ4v) is 3.61. The van der Waals surface area contributed by atoms with E-state index in [-0.39, 0.29) is 0 Å². The first kappa shape index (κ1) is 20.5. The van der Waals surface area contributed by atoms with Crippen LogP contribution in [0.4, 0.5) is 0 Å². The van der Waals surface area contributed by atoms with Crippen LogP contribution in [0.1, 0.15) is 46.0 Å². The summed E-state index contributed by atoms with van der Waals surface area (Å²) in [5.41, 5.74) is 0. The van der Waals surface area contributed by atoms with Crippen molar-refractivity contribution in [2.45, 2.75) is 58.2 Å². The Morgan fingerprint density at radius 1 is 1.20 bits per heavy atom. The molecule has 6 nitrogen and oxygen atoms in total. The van der Waals surface area contributed by atoms with Crippen LogP contribution in [0.3, 0.4) is 0 Å². The van der Waals surface area contributed by atoms with Crippen LogP contribution >= 0.6 is 0 Å². The van der Waals surface area contributed by atoms with Gasteiger partial charge in [0.1, 0.15) is 0 Å². The number of nitrogens with one attached hydrogen (secondary N) is 1. The molecule has 2 saturated heterocycles. The summed E-state index contributed by atoms with van der Waals surface area (Å²) in [5, 5.41) is 3.51. The van der Waals surface area contributed by atoms with Gasteiger partial charge in [0.25, 0.3) is 0 Å². The second kappa shape index (κ2) is 11.7. The molecule has 0 amide bonds. The SMILES string of the molecule is CCN(CC)CCNC(=NC)N1CCC(OCC2CCCCO2)CC1. The molecule has 2 heterocycles. The van der Waals surface area contributed by atoms with Crippen molar-refractivity contribution in [2.75, 3.05) is 59.5 Å². The summed E-state index contributed by atoms with van der Waals surface area (Å²) < 4.78 is 11.9. The number of rotatable bonds is 8. The van der Waals surface area contributed by atoms with E-state index in [0.29, 0.717) is 12.2 Å². The molecule has 0 aromatic heterocycles. The smallest absolute Gasteiger partial charge is 0.193 e. The number of hydrogen-bond donors (Lipinski definition) is 1. The van der Waals surface area contributed by atoms with Crippen LogP contribution in [0, 0.1) is 0 Å². The van der Waals surface area contributed by atoms with E-state index in [1.807, 2.05) is 7.05 Å². The first-order chi connectivity index (χ1) is 12.3. The molecule has 2 fully saturated rings. The van der Waals surface area contributed by atoms with Gasteiger partial charge in [-0.3, -0.25) is 4.99 Å². The van der Waals surface area contributed by atoms with Crippen LogP contribution in [-0.2, 0) is 9.47 Å². The van der Waals surface area contributed by atoms with Gasteiger partial charge < -0.3 is 24.6 Å². The minimum Gasteiger partial charge on any atom is -0.376 e. The van der Waals surface area contributed by atoms with Crippen LogP contribution < -0.4 is 5.32 Å². The molecule has 1 atom stereocenters. The molecule has 1 unspecified atom stereocenters. The number of piperidine rings is 1. The first-order valence-electron chi connectivity index (χ1n) is 10.2. The minimum absolute atomic E-state index is 0.321. The standard InChI is InChI=1S/C19H38N4O2/c1-4-22(5-2)14-11-21-19(20-3)23-12-9-17(10-13-23)25-16-18-8-6-7-15-24-18/h17-18H,4-16H2,1-3H3,(H,20,21). The number of likely N-dealkylation sites (N-methyl/N-ethyl adjacent to an activating group) is 1. The maximum absolute atomic E-state index is 6.11. The molecule has 2 aliphatic heterocycles. The second-order valence-electron chi connectivity index (χ2n) is 7.01. The highest BCUT2D eigenvalue weighted by molar-refractivity contribution is 5.79. The van der Waals surface area contributed by atoms with Crippen molar-refractivity contribution < 1.29 is 9.47 Å². The minimum atomic E-state index is 0.321. The van der Waals surface area contributed by atoms with Crippen LogP contribution in [0.25, 0.3) is 0 Å². The second-order valence-corrected chi connectivity index (χ2v) is 7.01. The summed E-state index contributed by atoms with van der Waals surface area (Å²) >= 11 is 0. The van der Waals surface area contributed by atoms with Gasteiger partial charge in [0.05, 0.1) is 18.8 Å². The lowest BCUT2D eigenvalue weighted by Crippen LogP contribution is -2.48. The van der Waals surface area contributed by atoms with Crippen LogP contribution in [0.15, 0.2) is 4.99 Å².